The highest BCUT2D eigenvalue weighted by Gasteiger charge is 2.29. The van der Waals surface area contributed by atoms with Gasteiger partial charge in [-0.25, -0.2) is 9.13 Å². The average molecular weight is 1450 g/mol. The quantitative estimate of drug-likeness (QED) is 0.0146. The van der Waals surface area contributed by atoms with Crippen molar-refractivity contribution in [2.45, 2.75) is 296 Å². The number of phosphoric ester groups is 2. The van der Waals surface area contributed by atoms with Crippen LogP contribution in [0.3, 0.4) is 0 Å². The molecule has 4 N–H and O–H groups in total. The lowest BCUT2D eigenvalue weighted by Crippen LogP contribution is -2.30. The summed E-state index contributed by atoms with van der Waals surface area (Å²) in [4.78, 5) is 58.6. The van der Waals surface area contributed by atoms with E-state index in [4.69, 9.17) is 32.3 Å². The molecule has 0 aromatic carbocycles. The first-order valence-corrected chi connectivity index (χ1v) is 41.4. The van der Waals surface area contributed by atoms with Crippen molar-refractivity contribution in [3.63, 3.8) is 0 Å². The van der Waals surface area contributed by atoms with Gasteiger partial charge in [-0.2, -0.15) is 0 Å². The molecule has 0 aromatic rings. The molecule has 0 heterocycles. The van der Waals surface area contributed by atoms with E-state index in [1.54, 1.807) is 0 Å². The number of carbonyl (C=O) groups is 3. The van der Waals surface area contributed by atoms with Gasteiger partial charge in [0.2, 0.25) is 0 Å². The van der Waals surface area contributed by atoms with Gasteiger partial charge in [-0.05, 0) is 148 Å². The van der Waals surface area contributed by atoms with Gasteiger partial charge in [0, 0.05) is 19.3 Å². The molecule has 0 saturated heterocycles. The normalized spacial score (nSPS) is 15.0. The van der Waals surface area contributed by atoms with E-state index >= 15 is 0 Å². The Balaban J connectivity index is 4.62. The Labute approximate surface area is 612 Å². The van der Waals surface area contributed by atoms with Gasteiger partial charge in [0.15, 0.2) is 6.10 Å². The van der Waals surface area contributed by atoms with E-state index in [0.717, 1.165) is 180 Å². The molecule has 574 valence electrons. The zero-order chi connectivity index (χ0) is 73.7. The molecule has 0 rings (SSSR count). The minimum absolute atomic E-state index is 0.0729. The molecule has 0 spiro atoms. The molecule has 0 amide bonds. The molecule has 0 aliphatic heterocycles. The summed E-state index contributed by atoms with van der Waals surface area (Å²) in [5, 5.41) is 20.6. The van der Waals surface area contributed by atoms with Crippen molar-refractivity contribution in [2.24, 2.45) is 0 Å². The highest BCUT2D eigenvalue weighted by atomic mass is 31.2. The Morgan fingerprint density at radius 3 is 0.782 bits per heavy atom. The molecule has 5 unspecified atom stereocenters. The maximum Gasteiger partial charge on any atom is 0.472 e. The third-order valence-electron chi connectivity index (χ3n) is 15.4. The molecule has 0 saturated carbocycles. The zero-order valence-corrected chi connectivity index (χ0v) is 64.3. The van der Waals surface area contributed by atoms with E-state index in [0.29, 0.717) is 19.3 Å². The molecular weight excluding hydrogens is 1310 g/mol. The van der Waals surface area contributed by atoms with Crippen LogP contribution >= 0.6 is 15.6 Å². The molecule has 0 aliphatic rings. The zero-order valence-electron chi connectivity index (χ0n) is 62.5. The largest absolute Gasteiger partial charge is 0.472 e. The van der Waals surface area contributed by atoms with Crippen molar-refractivity contribution in [3.05, 3.63) is 170 Å². The average Bonchev–Trinajstić information content (AvgIpc) is 0.944. The van der Waals surface area contributed by atoms with E-state index in [1.165, 1.54) is 38.5 Å². The van der Waals surface area contributed by atoms with Crippen LogP contribution in [0.1, 0.15) is 278 Å². The predicted molar refractivity (Wildman–Crippen MR) is 417 cm³/mol. The maximum absolute atomic E-state index is 13.0. The first kappa shape index (κ1) is 95.9. The first-order valence-electron chi connectivity index (χ1n) is 38.4. The summed E-state index contributed by atoms with van der Waals surface area (Å²) in [5.74, 6) is -1.64. The van der Waals surface area contributed by atoms with E-state index in [2.05, 4.69) is 191 Å². The summed E-state index contributed by atoms with van der Waals surface area (Å²) in [7, 11) is -9.81. The minimum Gasteiger partial charge on any atom is -0.463 e. The SMILES string of the molecule is CC/C=C\C/C=C\C/C=C\C/C=C\C/C=C\C/C=C\CCCCCCC(=O)OCC(COP(=O)(O)OCC(O)COP(=O)(O)OCC(O)COC(=O)CCCCCCCCCCCCC/C=C\C/C=C\C/C=C\C/C=C\C/C=C\CC)OC(=O)CCCCCCC/C=C\C/C=C\C/C=C\CC. The molecule has 101 heavy (non-hydrogen) atoms. The summed E-state index contributed by atoms with van der Waals surface area (Å²) in [6.45, 7) is 2.27. The standard InChI is InChI=1S/C83H136O16P2/c1-4-7-10-13-16-19-22-25-28-30-32-34-36-37-38-39-41-43-44-46-49-51-54-57-60-63-66-69-81(86)93-72-78(84)73-95-100(89,90)96-74-79(85)75-97-101(91,92)98-77-80(99-83(88)71-68-65-62-59-56-53-48-27-24-21-18-15-12-9-6-3)76-94-82(87)70-67-64-61-58-55-52-50-47-45-42-40-35-33-31-29-26-23-20-17-14-11-8-5-2/h7-12,16-21,25-29,32-35,37-38,42,45,48,50,52,78-80,84-85H,4-6,13-15,22-24,30-31,36,39-41,43-44,46-47,49,51,53-77H2,1-3H3,(H,89,90)(H,91,92)/b10-7-,11-8-,12-9-,19-16-,20-17-,21-18-,28-25-,29-26-,34-32-,35-33-,38-37-,45-42-,48-27-,52-50-. The minimum atomic E-state index is -4.95. The number of allylic oxidation sites excluding steroid dienone is 28. The Morgan fingerprint density at radius 2 is 0.495 bits per heavy atom. The second kappa shape index (κ2) is 74.6. The third kappa shape index (κ3) is 75.9. The van der Waals surface area contributed by atoms with Crippen molar-refractivity contribution in [3.8, 4) is 0 Å². The number of hydrogen-bond donors (Lipinski definition) is 4. The highest BCUT2D eigenvalue weighted by molar-refractivity contribution is 7.47. The fraction of sp³-hybridized carbons (Fsp3) is 0.627. The number of phosphoric acid groups is 2. The number of aliphatic hydroxyl groups excluding tert-OH is 2. The monoisotopic (exact) mass is 1450 g/mol. The van der Waals surface area contributed by atoms with E-state index in [9.17, 15) is 43.5 Å². The van der Waals surface area contributed by atoms with Gasteiger partial charge in [-0.15, -0.1) is 0 Å². The summed E-state index contributed by atoms with van der Waals surface area (Å²) in [6.07, 6.45) is 94.0. The van der Waals surface area contributed by atoms with Gasteiger partial charge in [0.1, 0.15) is 25.4 Å². The van der Waals surface area contributed by atoms with Crippen LogP contribution in [0, 0.1) is 0 Å². The number of aliphatic hydroxyl groups is 2. The molecule has 0 aromatic heterocycles. The number of carbonyl (C=O) groups excluding carboxylic acids is 3. The van der Waals surface area contributed by atoms with Crippen LogP contribution in [-0.2, 0) is 55.8 Å². The van der Waals surface area contributed by atoms with Gasteiger partial charge >= 0.3 is 33.6 Å². The molecule has 0 aliphatic carbocycles. The van der Waals surface area contributed by atoms with Crippen LogP contribution in [0.2, 0.25) is 0 Å². The maximum atomic E-state index is 13.0. The fourth-order valence-corrected chi connectivity index (χ4v) is 11.3. The van der Waals surface area contributed by atoms with E-state index in [-0.39, 0.29) is 19.3 Å². The summed E-state index contributed by atoms with van der Waals surface area (Å²) in [6, 6.07) is 0. The Hall–Kier alpha value is -5.09. The summed E-state index contributed by atoms with van der Waals surface area (Å²) in [5.41, 5.74) is 0. The second-order valence-electron chi connectivity index (χ2n) is 25.0. The van der Waals surface area contributed by atoms with Crippen LogP contribution in [0.5, 0.6) is 0 Å². The topological polar surface area (TPSA) is 231 Å². The highest BCUT2D eigenvalue weighted by Crippen LogP contribution is 2.45. The molecule has 5 atom stereocenters. The Morgan fingerprint density at radius 1 is 0.277 bits per heavy atom. The van der Waals surface area contributed by atoms with Gasteiger partial charge in [0.25, 0.3) is 0 Å². The molecule has 16 nitrogen and oxygen atoms in total. The molecule has 18 heteroatoms. The lowest BCUT2D eigenvalue weighted by Gasteiger charge is -2.21. The lowest BCUT2D eigenvalue weighted by molar-refractivity contribution is -0.161. The Kier molecular flexibility index (Phi) is 70.9. The van der Waals surface area contributed by atoms with Gasteiger partial charge in [-0.3, -0.25) is 32.5 Å². The Bertz CT molecular complexity index is 2520. The van der Waals surface area contributed by atoms with Gasteiger partial charge in [0.05, 0.1) is 26.4 Å². The van der Waals surface area contributed by atoms with Crippen molar-refractivity contribution in [2.75, 3.05) is 39.6 Å². The van der Waals surface area contributed by atoms with E-state index < -0.39 is 91.5 Å². The fourth-order valence-electron chi connectivity index (χ4n) is 9.67. The van der Waals surface area contributed by atoms with Crippen LogP contribution < -0.4 is 0 Å². The van der Waals surface area contributed by atoms with Crippen molar-refractivity contribution in [1.82, 2.24) is 0 Å². The molecular formula is C83H136O16P2. The smallest absolute Gasteiger partial charge is 0.463 e. The number of ether oxygens (including phenoxy) is 3. The van der Waals surface area contributed by atoms with Crippen LogP contribution in [0.25, 0.3) is 0 Å². The third-order valence-corrected chi connectivity index (χ3v) is 17.3. The summed E-state index contributed by atoms with van der Waals surface area (Å²) >= 11 is 0. The van der Waals surface area contributed by atoms with Crippen molar-refractivity contribution >= 4 is 33.6 Å². The number of unbranched alkanes of at least 4 members (excludes halogenated alkanes) is 20. The van der Waals surface area contributed by atoms with Crippen LogP contribution in [0.4, 0.5) is 0 Å². The second-order valence-corrected chi connectivity index (χ2v) is 27.9. The molecule has 0 fully saturated rings. The first-order chi connectivity index (χ1) is 49.2. The lowest BCUT2D eigenvalue weighted by atomic mass is 10.0. The van der Waals surface area contributed by atoms with Gasteiger partial charge in [-0.1, -0.05) is 281 Å². The predicted octanol–water partition coefficient (Wildman–Crippen LogP) is 22.4. The van der Waals surface area contributed by atoms with Crippen LogP contribution in [0.15, 0.2) is 170 Å². The number of hydrogen-bond acceptors (Lipinski definition) is 14. The number of rotatable bonds is 71. The van der Waals surface area contributed by atoms with E-state index in [1.807, 2.05) is 0 Å². The summed E-state index contributed by atoms with van der Waals surface area (Å²) < 4.78 is 61.1. The van der Waals surface area contributed by atoms with Crippen molar-refractivity contribution in [1.29, 1.82) is 0 Å². The molecule has 0 radical (unpaired) electrons. The molecule has 0 bridgehead atoms. The van der Waals surface area contributed by atoms with Crippen molar-refractivity contribution < 1.29 is 75.8 Å². The number of esters is 3. The van der Waals surface area contributed by atoms with Crippen LogP contribution in [-0.4, -0.2) is 95.9 Å². The van der Waals surface area contributed by atoms with Gasteiger partial charge < -0.3 is 34.2 Å².